The minimum atomic E-state index is -4.76. The number of nitrogens with two attached hydrogens (primary N) is 1. The number of alkyl halides is 3. The molecule has 0 atom stereocenters. The van der Waals surface area contributed by atoms with Crippen LogP contribution in [0.15, 0.2) is 43.0 Å². The Bertz CT molecular complexity index is 1670. The van der Waals surface area contributed by atoms with Gasteiger partial charge in [-0.3, -0.25) is 18.7 Å². The number of nitriles is 1. The van der Waals surface area contributed by atoms with Crippen LogP contribution in [0.4, 0.5) is 24.7 Å². The molecule has 3 heterocycles. The first-order chi connectivity index (χ1) is 19.5. The third kappa shape index (κ3) is 5.93. The number of amides is 2. The Balaban J connectivity index is 1.32. The summed E-state index contributed by atoms with van der Waals surface area (Å²) in [6.07, 6.45) is 1.85. The number of nitrogens with one attached hydrogen (secondary N) is 3. The van der Waals surface area contributed by atoms with Crippen LogP contribution in [-0.2, 0) is 17.5 Å². The number of hydrogen-bond donors (Lipinski definition) is 4. The maximum atomic E-state index is 13.7. The van der Waals surface area contributed by atoms with Crippen molar-refractivity contribution >= 4 is 40.6 Å². The molecule has 16 heteroatoms. The van der Waals surface area contributed by atoms with Crippen LogP contribution >= 0.6 is 11.6 Å². The smallest absolute Gasteiger partial charge is 0.352 e. The van der Waals surface area contributed by atoms with Crippen LogP contribution in [0.2, 0.25) is 5.02 Å². The Morgan fingerprint density at radius 3 is 2.71 bits per heavy atom. The molecule has 0 bridgehead atoms. The highest BCUT2D eigenvalue weighted by Crippen LogP contribution is 2.37. The van der Waals surface area contributed by atoms with E-state index < -0.39 is 17.8 Å². The molecule has 0 unspecified atom stereocenters. The molecular weight excluding hydrogens is 565 g/mol. The van der Waals surface area contributed by atoms with Crippen molar-refractivity contribution in [2.45, 2.75) is 37.6 Å². The molecule has 12 nitrogen and oxygen atoms in total. The van der Waals surface area contributed by atoms with Gasteiger partial charge in [0.05, 0.1) is 40.7 Å². The van der Waals surface area contributed by atoms with Crippen molar-refractivity contribution in [1.82, 2.24) is 34.8 Å². The number of nitrogens with zero attached hydrogens (tertiary/aromatic N) is 6. The first-order valence-electron chi connectivity index (χ1n) is 12.3. The van der Waals surface area contributed by atoms with Gasteiger partial charge in [0, 0.05) is 36.4 Å². The zero-order valence-electron chi connectivity index (χ0n) is 21.1. The number of benzene rings is 1. The second kappa shape index (κ2) is 11.1. The summed E-state index contributed by atoms with van der Waals surface area (Å²) in [5, 5.41) is 20.8. The van der Waals surface area contributed by atoms with Gasteiger partial charge in [0.1, 0.15) is 6.54 Å². The molecule has 3 aromatic heterocycles. The number of carbonyl (C=O) groups excluding carboxylic acids is 2. The van der Waals surface area contributed by atoms with E-state index >= 15 is 0 Å². The van der Waals surface area contributed by atoms with Gasteiger partial charge in [-0.25, -0.2) is 9.97 Å². The molecule has 41 heavy (non-hydrogen) atoms. The molecule has 1 aliphatic carbocycles. The van der Waals surface area contributed by atoms with Crippen molar-refractivity contribution < 1.29 is 22.8 Å². The lowest BCUT2D eigenvalue weighted by molar-refractivity contribution is -0.141. The summed E-state index contributed by atoms with van der Waals surface area (Å²) in [5.41, 5.74) is 5.17. The Labute approximate surface area is 235 Å². The highest BCUT2D eigenvalue weighted by Gasteiger charge is 2.38. The quantitative estimate of drug-likeness (QED) is 0.244. The summed E-state index contributed by atoms with van der Waals surface area (Å²) >= 11 is 6.33. The standard InChI is InChI=1S/C25H22ClF3N10O2/c26-18-9-14(1-2-16(18)24(41)34-11-20(40)35-15-7-13(31)8-15)36-22-23-33-10-19(39(23)6-4-32-22)17-12-38(5-3-30)37-21(17)25(27,28)29/h1-2,4,6,9-10,12-13,15H,5,7-8,11,31H2,(H,32,36)(H,34,41)(H,35,40). The minimum absolute atomic E-state index is 0.0144. The molecule has 1 aromatic carbocycles. The van der Waals surface area contributed by atoms with E-state index in [1.807, 2.05) is 0 Å². The van der Waals surface area contributed by atoms with Crippen LogP contribution in [0.25, 0.3) is 16.9 Å². The van der Waals surface area contributed by atoms with Crippen molar-refractivity contribution in [3.8, 4) is 17.3 Å². The Hall–Kier alpha value is -4.68. The van der Waals surface area contributed by atoms with E-state index in [-0.39, 0.29) is 64.4 Å². The van der Waals surface area contributed by atoms with Gasteiger partial charge in [0.25, 0.3) is 5.91 Å². The third-order valence-corrected chi connectivity index (χ3v) is 6.71. The fourth-order valence-corrected chi connectivity index (χ4v) is 4.67. The van der Waals surface area contributed by atoms with Gasteiger partial charge in [-0.05, 0) is 31.0 Å². The van der Waals surface area contributed by atoms with Gasteiger partial charge >= 0.3 is 6.18 Å². The third-order valence-electron chi connectivity index (χ3n) is 6.39. The summed E-state index contributed by atoms with van der Waals surface area (Å²) < 4.78 is 43.4. The second-order valence-electron chi connectivity index (χ2n) is 9.36. The molecule has 0 saturated heterocycles. The lowest BCUT2D eigenvalue weighted by atomic mass is 9.88. The zero-order valence-corrected chi connectivity index (χ0v) is 21.9. The van der Waals surface area contributed by atoms with Crippen molar-refractivity contribution in [3.63, 3.8) is 0 Å². The topological polar surface area (TPSA) is 168 Å². The van der Waals surface area contributed by atoms with E-state index in [0.29, 0.717) is 18.5 Å². The number of hydrogen-bond acceptors (Lipinski definition) is 8. The Morgan fingerprint density at radius 2 is 2.02 bits per heavy atom. The van der Waals surface area contributed by atoms with E-state index in [2.05, 4.69) is 31.0 Å². The molecule has 1 saturated carbocycles. The van der Waals surface area contributed by atoms with Crippen LogP contribution < -0.4 is 21.7 Å². The molecule has 0 radical (unpaired) electrons. The molecule has 1 aliphatic rings. The van der Waals surface area contributed by atoms with E-state index in [1.165, 1.54) is 35.1 Å². The number of rotatable bonds is 8. The van der Waals surface area contributed by atoms with Gasteiger partial charge in [0.2, 0.25) is 5.91 Å². The van der Waals surface area contributed by atoms with Crippen molar-refractivity contribution in [2.24, 2.45) is 5.73 Å². The second-order valence-corrected chi connectivity index (χ2v) is 9.76. The van der Waals surface area contributed by atoms with E-state index in [9.17, 15) is 22.8 Å². The fourth-order valence-electron chi connectivity index (χ4n) is 4.41. The average molecular weight is 587 g/mol. The SMILES string of the molecule is N#CCn1cc(-c2cnc3c(Nc4ccc(C(=O)NCC(=O)NC5CC(N)C5)c(Cl)c4)nccn23)c(C(F)(F)F)n1. The average Bonchev–Trinajstić information content (AvgIpc) is 3.52. The van der Waals surface area contributed by atoms with Crippen LogP contribution in [-0.4, -0.2) is 54.6 Å². The largest absolute Gasteiger partial charge is 0.435 e. The molecule has 5 N–H and O–H groups in total. The van der Waals surface area contributed by atoms with Gasteiger partial charge in [-0.2, -0.15) is 23.5 Å². The lowest BCUT2D eigenvalue weighted by Crippen LogP contribution is -2.52. The lowest BCUT2D eigenvalue weighted by Gasteiger charge is -2.32. The molecule has 4 aromatic rings. The highest BCUT2D eigenvalue weighted by atomic mass is 35.5. The van der Waals surface area contributed by atoms with Crippen molar-refractivity contribution in [3.05, 3.63) is 59.3 Å². The van der Waals surface area contributed by atoms with Crippen LogP contribution in [0.1, 0.15) is 28.9 Å². The molecule has 2 amide bonds. The summed E-state index contributed by atoms with van der Waals surface area (Å²) in [4.78, 5) is 33.1. The van der Waals surface area contributed by atoms with Gasteiger partial charge in [-0.15, -0.1) is 0 Å². The number of imidazole rings is 1. The summed E-state index contributed by atoms with van der Waals surface area (Å²) in [7, 11) is 0. The first-order valence-corrected chi connectivity index (χ1v) is 12.6. The van der Waals surface area contributed by atoms with E-state index in [1.54, 1.807) is 12.1 Å². The van der Waals surface area contributed by atoms with Crippen LogP contribution in [0.5, 0.6) is 0 Å². The highest BCUT2D eigenvalue weighted by molar-refractivity contribution is 6.34. The van der Waals surface area contributed by atoms with Gasteiger partial charge in [0.15, 0.2) is 17.2 Å². The van der Waals surface area contributed by atoms with E-state index in [0.717, 1.165) is 10.9 Å². The van der Waals surface area contributed by atoms with E-state index in [4.69, 9.17) is 22.6 Å². The van der Waals surface area contributed by atoms with Crippen LogP contribution in [0, 0.1) is 11.3 Å². The first kappa shape index (κ1) is 27.9. The number of halogens is 4. The zero-order chi connectivity index (χ0) is 29.3. The number of carbonyl (C=O) groups is 2. The maximum absolute atomic E-state index is 13.7. The number of anilines is 2. The normalized spacial score (nSPS) is 16.6. The fraction of sp³-hybridized carbons (Fsp3) is 0.280. The molecule has 0 spiro atoms. The van der Waals surface area contributed by atoms with Gasteiger partial charge < -0.3 is 21.7 Å². The van der Waals surface area contributed by atoms with Crippen molar-refractivity contribution in [1.29, 1.82) is 5.26 Å². The molecular formula is C25H22ClF3N10O2. The predicted molar refractivity (Wildman–Crippen MR) is 141 cm³/mol. The number of fused-ring (bicyclic) bond motifs is 1. The summed E-state index contributed by atoms with van der Waals surface area (Å²) in [5.74, 6) is -0.669. The maximum Gasteiger partial charge on any atom is 0.435 e. The molecule has 212 valence electrons. The Kier molecular flexibility index (Phi) is 7.52. The monoisotopic (exact) mass is 586 g/mol. The van der Waals surface area contributed by atoms with Crippen LogP contribution in [0.3, 0.4) is 0 Å². The molecule has 0 aliphatic heterocycles. The van der Waals surface area contributed by atoms with Gasteiger partial charge in [-0.1, -0.05) is 11.6 Å². The molecule has 1 fully saturated rings. The Morgan fingerprint density at radius 1 is 1.24 bits per heavy atom. The summed E-state index contributed by atoms with van der Waals surface area (Å²) in [6, 6.07) is 6.35. The summed E-state index contributed by atoms with van der Waals surface area (Å²) in [6.45, 7) is -0.577. The van der Waals surface area contributed by atoms with Crippen molar-refractivity contribution in [2.75, 3.05) is 11.9 Å². The minimum Gasteiger partial charge on any atom is -0.352 e. The predicted octanol–water partition coefficient (Wildman–Crippen LogP) is 2.87. The number of aromatic nitrogens is 5. The molecule has 5 rings (SSSR count).